The molecule has 1 fully saturated rings. The minimum absolute atomic E-state index is 0.560. The predicted octanol–water partition coefficient (Wildman–Crippen LogP) is 7.38. The molecular formula is C26H30O2. The second-order valence-electron chi connectivity index (χ2n) is 8.00. The van der Waals surface area contributed by atoms with Crippen molar-refractivity contribution >= 4 is 5.57 Å². The third kappa shape index (κ3) is 4.67. The molecular weight excluding hydrogens is 344 g/mol. The molecule has 2 aliphatic rings. The summed E-state index contributed by atoms with van der Waals surface area (Å²) in [6.45, 7) is 3.18. The molecule has 2 atom stereocenters. The van der Waals surface area contributed by atoms with Crippen LogP contribution in [-0.2, 0) is 4.74 Å². The Labute approximate surface area is 168 Å². The van der Waals surface area contributed by atoms with Gasteiger partial charge in [0.25, 0.3) is 0 Å². The van der Waals surface area contributed by atoms with Crippen LogP contribution < -0.4 is 4.74 Å². The molecule has 0 amide bonds. The zero-order valence-electron chi connectivity index (χ0n) is 16.8. The van der Waals surface area contributed by atoms with Gasteiger partial charge in [-0.25, -0.2) is 0 Å². The highest BCUT2D eigenvalue weighted by Crippen LogP contribution is 2.37. The van der Waals surface area contributed by atoms with Gasteiger partial charge < -0.3 is 9.47 Å². The van der Waals surface area contributed by atoms with Crippen LogP contribution in [-0.4, -0.2) is 6.61 Å². The van der Waals surface area contributed by atoms with Crippen molar-refractivity contribution in [2.75, 3.05) is 6.61 Å². The van der Waals surface area contributed by atoms with Gasteiger partial charge in [0.1, 0.15) is 11.5 Å². The maximum atomic E-state index is 6.21. The van der Waals surface area contributed by atoms with Crippen LogP contribution in [0.25, 0.3) is 5.57 Å². The first-order chi connectivity index (χ1) is 13.8. The monoisotopic (exact) mass is 374 g/mol. The quantitative estimate of drug-likeness (QED) is 0.520. The number of ether oxygens (including phenoxy) is 2. The van der Waals surface area contributed by atoms with Crippen LogP contribution >= 0.6 is 0 Å². The number of hydrogen-bond acceptors (Lipinski definition) is 2. The summed E-state index contributed by atoms with van der Waals surface area (Å²) in [6, 6.07) is 18.3. The molecule has 1 aliphatic carbocycles. The van der Waals surface area contributed by atoms with Crippen LogP contribution in [0.15, 0.2) is 72.5 Å². The van der Waals surface area contributed by atoms with Gasteiger partial charge in [-0.3, -0.25) is 0 Å². The third-order valence-electron chi connectivity index (χ3n) is 5.94. The van der Waals surface area contributed by atoms with Crippen LogP contribution in [0.1, 0.15) is 51.0 Å². The molecule has 4 rings (SSSR count). The number of para-hydroxylation sites is 1. The lowest BCUT2D eigenvalue weighted by Crippen LogP contribution is -2.15. The summed E-state index contributed by atoms with van der Waals surface area (Å²) in [5.74, 6) is 4.19. The van der Waals surface area contributed by atoms with E-state index in [0.29, 0.717) is 11.8 Å². The van der Waals surface area contributed by atoms with Crippen molar-refractivity contribution in [3.63, 3.8) is 0 Å². The summed E-state index contributed by atoms with van der Waals surface area (Å²) in [4.78, 5) is 0. The molecule has 0 spiro atoms. The molecule has 2 nitrogen and oxygen atoms in total. The highest BCUT2D eigenvalue weighted by atomic mass is 16.5. The summed E-state index contributed by atoms with van der Waals surface area (Å²) >= 11 is 0. The first-order valence-electron chi connectivity index (χ1n) is 10.7. The zero-order valence-corrected chi connectivity index (χ0v) is 16.8. The summed E-state index contributed by atoms with van der Waals surface area (Å²) in [7, 11) is 0. The zero-order chi connectivity index (χ0) is 19.2. The summed E-state index contributed by atoms with van der Waals surface area (Å²) in [6.07, 6.45) is 12.2. The van der Waals surface area contributed by atoms with E-state index >= 15 is 0 Å². The first-order valence-corrected chi connectivity index (χ1v) is 10.7. The average molecular weight is 375 g/mol. The minimum atomic E-state index is 0.560. The van der Waals surface area contributed by atoms with Crippen LogP contribution in [0.2, 0.25) is 0 Å². The van der Waals surface area contributed by atoms with E-state index in [-0.39, 0.29) is 0 Å². The van der Waals surface area contributed by atoms with Crippen molar-refractivity contribution in [3.05, 3.63) is 78.1 Å². The van der Waals surface area contributed by atoms with Crippen molar-refractivity contribution in [1.82, 2.24) is 0 Å². The highest BCUT2D eigenvalue weighted by molar-refractivity contribution is 5.75. The second kappa shape index (κ2) is 9.14. The number of hydrogen-bond donors (Lipinski definition) is 0. The van der Waals surface area contributed by atoms with Crippen LogP contribution in [0.5, 0.6) is 11.5 Å². The van der Waals surface area contributed by atoms with Crippen molar-refractivity contribution in [1.29, 1.82) is 0 Å². The molecule has 0 aromatic heterocycles. The maximum absolute atomic E-state index is 6.21. The van der Waals surface area contributed by atoms with E-state index in [0.717, 1.165) is 24.5 Å². The molecule has 0 bridgehead atoms. The topological polar surface area (TPSA) is 18.5 Å². The van der Waals surface area contributed by atoms with E-state index in [1.807, 2.05) is 30.3 Å². The molecule has 0 saturated heterocycles. The van der Waals surface area contributed by atoms with Gasteiger partial charge in [0.15, 0.2) is 0 Å². The van der Waals surface area contributed by atoms with Gasteiger partial charge in [-0.1, -0.05) is 69.0 Å². The van der Waals surface area contributed by atoms with E-state index in [4.69, 9.17) is 9.47 Å². The molecule has 0 N–H and O–H groups in total. The molecule has 28 heavy (non-hydrogen) atoms. The molecule has 0 radical (unpaired) electrons. The third-order valence-corrected chi connectivity index (χ3v) is 5.94. The fourth-order valence-corrected chi connectivity index (χ4v) is 4.32. The highest BCUT2D eigenvalue weighted by Gasteiger charge is 2.25. The Kier molecular flexibility index (Phi) is 6.16. The van der Waals surface area contributed by atoms with E-state index in [1.54, 1.807) is 0 Å². The molecule has 1 saturated carbocycles. The number of benzene rings is 2. The normalized spacial score (nSPS) is 22.9. The van der Waals surface area contributed by atoms with Crippen molar-refractivity contribution in [2.24, 2.45) is 11.8 Å². The van der Waals surface area contributed by atoms with Gasteiger partial charge in [0.2, 0.25) is 0 Å². The molecule has 2 aromatic rings. The lowest BCUT2D eigenvalue weighted by molar-refractivity contribution is 0.158. The molecule has 146 valence electrons. The molecule has 1 heterocycles. The van der Waals surface area contributed by atoms with Gasteiger partial charge in [-0.2, -0.15) is 0 Å². The molecule has 1 aliphatic heterocycles. The van der Waals surface area contributed by atoms with Crippen LogP contribution in [0.3, 0.4) is 0 Å². The summed E-state index contributed by atoms with van der Waals surface area (Å²) in [5.41, 5.74) is 2.50. The first kappa shape index (κ1) is 18.9. The predicted molar refractivity (Wildman–Crippen MR) is 115 cm³/mol. The fraction of sp³-hybridized carbons (Fsp3) is 0.385. The Morgan fingerprint density at radius 2 is 1.61 bits per heavy atom. The number of allylic oxidation sites excluding steroid dienone is 3. The van der Waals surface area contributed by atoms with Gasteiger partial charge in [-0.15, -0.1) is 0 Å². The Hall–Kier alpha value is -2.48. The SMILES string of the molecule is CC1CCCCCC1C1=CC(c2ccc(Oc3ccccc3)cc2)=CCCO1. The van der Waals surface area contributed by atoms with Crippen LogP contribution in [0.4, 0.5) is 0 Å². The van der Waals surface area contributed by atoms with Gasteiger partial charge >= 0.3 is 0 Å². The Bertz CT molecular complexity index is 817. The molecule has 2 heteroatoms. The summed E-state index contributed by atoms with van der Waals surface area (Å²) in [5, 5.41) is 0. The lowest BCUT2D eigenvalue weighted by Gasteiger charge is -2.24. The lowest BCUT2D eigenvalue weighted by atomic mass is 9.86. The number of rotatable bonds is 4. The Balaban J connectivity index is 1.52. The Morgan fingerprint density at radius 1 is 0.857 bits per heavy atom. The minimum Gasteiger partial charge on any atom is -0.497 e. The largest absolute Gasteiger partial charge is 0.497 e. The summed E-state index contributed by atoms with van der Waals surface area (Å²) < 4.78 is 12.1. The fourth-order valence-electron chi connectivity index (χ4n) is 4.32. The average Bonchev–Trinajstić information content (AvgIpc) is 3.10. The van der Waals surface area contributed by atoms with E-state index < -0.39 is 0 Å². The van der Waals surface area contributed by atoms with Crippen molar-refractivity contribution in [3.8, 4) is 11.5 Å². The van der Waals surface area contributed by atoms with Gasteiger partial charge in [0.05, 0.1) is 12.4 Å². The molecule has 2 aromatic carbocycles. The van der Waals surface area contributed by atoms with Crippen molar-refractivity contribution < 1.29 is 9.47 Å². The second-order valence-corrected chi connectivity index (χ2v) is 8.00. The van der Waals surface area contributed by atoms with Gasteiger partial charge in [-0.05, 0) is 53.8 Å². The van der Waals surface area contributed by atoms with Gasteiger partial charge in [0, 0.05) is 12.3 Å². The van der Waals surface area contributed by atoms with Crippen molar-refractivity contribution in [2.45, 2.75) is 45.4 Å². The standard InChI is InChI=1S/C26H30O2/c1-20-9-4-2-7-13-25(20)26-19-22(10-8-18-27-26)21-14-16-24(17-15-21)28-23-11-5-3-6-12-23/h3,5-6,10-12,14-17,19-20,25H,2,4,7-9,13,18H2,1H3. The smallest absolute Gasteiger partial charge is 0.127 e. The van der Waals surface area contributed by atoms with E-state index in [2.05, 4.69) is 43.3 Å². The van der Waals surface area contributed by atoms with E-state index in [1.165, 1.54) is 49.0 Å². The maximum Gasteiger partial charge on any atom is 0.127 e. The Morgan fingerprint density at radius 3 is 2.43 bits per heavy atom. The van der Waals surface area contributed by atoms with E-state index in [9.17, 15) is 0 Å². The molecule has 2 unspecified atom stereocenters. The van der Waals surface area contributed by atoms with Crippen LogP contribution in [0, 0.1) is 11.8 Å².